The second-order valence-electron chi connectivity index (χ2n) is 8.80. The van der Waals surface area contributed by atoms with Crippen molar-refractivity contribution in [1.82, 2.24) is 20.3 Å². The van der Waals surface area contributed by atoms with Gasteiger partial charge in [-0.05, 0) is 36.4 Å². The number of phenols is 1. The molecule has 2 aliphatic heterocycles. The minimum atomic E-state index is -0.615. The van der Waals surface area contributed by atoms with Gasteiger partial charge in [0.1, 0.15) is 22.8 Å². The van der Waals surface area contributed by atoms with Crippen LogP contribution < -0.4 is 15.0 Å². The summed E-state index contributed by atoms with van der Waals surface area (Å²) in [5, 5.41) is 15.8. The highest BCUT2D eigenvalue weighted by atomic mass is 19.1. The number of halogens is 1. The SMILES string of the molecule is C#Cc1cccc2cc(O)cc(-c3ncc4c(N5CC6CCC(C5)N6)nc(OC)nc4c3F)c12. The van der Waals surface area contributed by atoms with E-state index in [0.717, 1.165) is 25.9 Å². The molecule has 2 aromatic heterocycles. The number of ether oxygens (including phenoxy) is 1. The lowest BCUT2D eigenvalue weighted by Gasteiger charge is -2.34. The Labute approximate surface area is 195 Å². The quantitative estimate of drug-likeness (QED) is 0.457. The molecule has 2 bridgehead atoms. The van der Waals surface area contributed by atoms with E-state index in [0.29, 0.717) is 45.2 Å². The molecule has 8 heteroatoms. The van der Waals surface area contributed by atoms with E-state index in [1.807, 2.05) is 6.07 Å². The molecule has 7 nitrogen and oxygen atoms in total. The maximum Gasteiger partial charge on any atom is 0.318 e. The molecular weight excluding hydrogens is 433 g/mol. The fourth-order valence-corrected chi connectivity index (χ4v) is 5.23. The molecule has 0 aliphatic carbocycles. The second-order valence-corrected chi connectivity index (χ2v) is 8.80. The Kier molecular flexibility index (Phi) is 4.74. The molecule has 4 aromatic rings. The number of methoxy groups -OCH3 is 1. The number of phenolic OH excluding ortho intramolecular Hbond substituents is 1. The molecule has 0 spiro atoms. The maximum atomic E-state index is 16.1. The number of piperazine rings is 1. The summed E-state index contributed by atoms with van der Waals surface area (Å²) in [6.07, 6.45) is 9.54. The highest BCUT2D eigenvalue weighted by Crippen LogP contribution is 2.38. The molecule has 2 atom stereocenters. The molecule has 2 aliphatic rings. The lowest BCUT2D eigenvalue weighted by Crippen LogP contribution is -2.51. The summed E-state index contributed by atoms with van der Waals surface area (Å²) >= 11 is 0. The Balaban J connectivity index is 1.58. The van der Waals surface area contributed by atoms with Crippen molar-refractivity contribution in [2.24, 2.45) is 0 Å². The third kappa shape index (κ3) is 3.20. The van der Waals surface area contributed by atoms with Gasteiger partial charge in [0.25, 0.3) is 0 Å². The first kappa shape index (κ1) is 20.6. The Hall–Kier alpha value is -3.96. The van der Waals surface area contributed by atoms with Crippen LogP contribution in [0.25, 0.3) is 32.9 Å². The summed E-state index contributed by atoms with van der Waals surface area (Å²) in [5.41, 5.74) is 1.17. The van der Waals surface area contributed by atoms with Gasteiger partial charge in [0.05, 0.1) is 12.5 Å². The van der Waals surface area contributed by atoms with Crippen LogP contribution in [0, 0.1) is 18.2 Å². The number of aromatic nitrogens is 3. The van der Waals surface area contributed by atoms with Crippen molar-refractivity contribution in [3.8, 4) is 35.4 Å². The number of aromatic hydroxyl groups is 1. The summed E-state index contributed by atoms with van der Waals surface area (Å²) in [6, 6.07) is 9.34. The number of hydrogen-bond acceptors (Lipinski definition) is 7. The fraction of sp³-hybridized carbons (Fsp3) is 0.269. The van der Waals surface area contributed by atoms with E-state index < -0.39 is 5.82 Å². The van der Waals surface area contributed by atoms with Crippen molar-refractivity contribution in [3.63, 3.8) is 0 Å². The predicted octanol–water partition coefficient (Wildman–Crippen LogP) is 3.62. The molecule has 2 aromatic carbocycles. The van der Waals surface area contributed by atoms with Crippen molar-refractivity contribution >= 4 is 27.5 Å². The number of terminal acetylenes is 1. The summed E-state index contributed by atoms with van der Waals surface area (Å²) in [5.74, 6) is 2.65. The van der Waals surface area contributed by atoms with Crippen LogP contribution in [0.3, 0.4) is 0 Å². The molecule has 0 amide bonds. The lowest BCUT2D eigenvalue weighted by molar-refractivity contribution is 0.380. The number of nitrogens with one attached hydrogen (secondary N) is 1. The summed E-state index contributed by atoms with van der Waals surface area (Å²) in [6.45, 7) is 1.55. The molecule has 2 unspecified atom stereocenters. The number of pyridine rings is 1. The lowest BCUT2D eigenvalue weighted by atomic mass is 9.96. The standard InChI is InChI=1S/C26H22FN5O2/c1-3-14-5-4-6-15-9-18(33)10-19(21(14)15)23-22(27)24-20(11-28-23)25(31-26(30-24)34-2)32-12-16-7-8-17(13-32)29-16/h1,4-6,9-11,16-17,29,33H,7-8,12-13H2,2H3. The van der Waals surface area contributed by atoms with E-state index in [1.54, 1.807) is 24.4 Å². The van der Waals surface area contributed by atoms with Crippen LogP contribution in [0.4, 0.5) is 10.2 Å². The smallest absolute Gasteiger partial charge is 0.318 e. The third-order valence-corrected chi connectivity index (χ3v) is 6.71. The number of fused-ring (bicyclic) bond motifs is 4. The van der Waals surface area contributed by atoms with Crippen molar-refractivity contribution in [2.45, 2.75) is 24.9 Å². The zero-order chi connectivity index (χ0) is 23.4. The van der Waals surface area contributed by atoms with Crippen molar-refractivity contribution in [3.05, 3.63) is 47.9 Å². The van der Waals surface area contributed by atoms with Crippen LogP contribution in [0.2, 0.25) is 0 Å². The normalized spacial score (nSPS) is 19.5. The molecule has 170 valence electrons. The van der Waals surface area contributed by atoms with Crippen LogP contribution in [0.15, 0.2) is 36.5 Å². The first-order valence-electron chi connectivity index (χ1n) is 11.2. The molecule has 34 heavy (non-hydrogen) atoms. The van der Waals surface area contributed by atoms with Crippen LogP contribution in [0.1, 0.15) is 18.4 Å². The Bertz CT molecular complexity index is 1490. The van der Waals surface area contributed by atoms with Crippen LogP contribution in [-0.4, -0.2) is 52.3 Å². The van der Waals surface area contributed by atoms with E-state index in [-0.39, 0.29) is 23.0 Å². The highest BCUT2D eigenvalue weighted by Gasteiger charge is 2.34. The minimum absolute atomic E-state index is 0.00443. The average Bonchev–Trinajstić information content (AvgIpc) is 3.20. The number of anilines is 1. The molecule has 0 saturated carbocycles. The van der Waals surface area contributed by atoms with E-state index >= 15 is 4.39 Å². The zero-order valence-electron chi connectivity index (χ0n) is 18.5. The van der Waals surface area contributed by atoms with Gasteiger partial charge in [-0.15, -0.1) is 6.42 Å². The van der Waals surface area contributed by atoms with Crippen LogP contribution in [-0.2, 0) is 0 Å². The molecule has 6 rings (SSSR count). The molecule has 2 fully saturated rings. The first-order chi connectivity index (χ1) is 16.6. The van der Waals surface area contributed by atoms with Gasteiger partial charge in [-0.25, -0.2) is 4.39 Å². The molecule has 4 heterocycles. The Morgan fingerprint density at radius 1 is 1.21 bits per heavy atom. The van der Waals surface area contributed by atoms with E-state index in [9.17, 15) is 5.11 Å². The maximum absolute atomic E-state index is 16.1. The van der Waals surface area contributed by atoms with Crippen molar-refractivity contribution in [1.29, 1.82) is 0 Å². The number of benzene rings is 2. The Morgan fingerprint density at radius 3 is 2.74 bits per heavy atom. The van der Waals surface area contributed by atoms with Gasteiger partial charge in [-0.3, -0.25) is 4.98 Å². The topological polar surface area (TPSA) is 83.4 Å². The van der Waals surface area contributed by atoms with Gasteiger partial charge in [0.15, 0.2) is 5.82 Å². The summed E-state index contributed by atoms with van der Waals surface area (Å²) in [7, 11) is 1.47. The van der Waals surface area contributed by atoms with Gasteiger partial charge < -0.3 is 20.1 Å². The van der Waals surface area contributed by atoms with Gasteiger partial charge in [-0.2, -0.15) is 9.97 Å². The largest absolute Gasteiger partial charge is 0.508 e. The number of rotatable bonds is 3. The Morgan fingerprint density at radius 2 is 2.00 bits per heavy atom. The molecular formula is C26H22FN5O2. The fourth-order valence-electron chi connectivity index (χ4n) is 5.23. The van der Waals surface area contributed by atoms with E-state index in [1.165, 1.54) is 13.2 Å². The van der Waals surface area contributed by atoms with Crippen molar-refractivity contribution in [2.75, 3.05) is 25.1 Å². The van der Waals surface area contributed by atoms with Gasteiger partial charge in [0.2, 0.25) is 0 Å². The second kappa shape index (κ2) is 7.82. The van der Waals surface area contributed by atoms with Gasteiger partial charge in [-0.1, -0.05) is 18.1 Å². The van der Waals surface area contributed by atoms with Crippen LogP contribution >= 0.6 is 0 Å². The predicted molar refractivity (Wildman–Crippen MR) is 129 cm³/mol. The van der Waals surface area contributed by atoms with Crippen molar-refractivity contribution < 1.29 is 14.2 Å². The van der Waals surface area contributed by atoms with Gasteiger partial charge >= 0.3 is 6.01 Å². The zero-order valence-corrected chi connectivity index (χ0v) is 18.5. The number of hydrogen-bond donors (Lipinski definition) is 2. The molecule has 2 N–H and O–H groups in total. The molecule has 2 saturated heterocycles. The van der Waals surface area contributed by atoms with E-state index in [2.05, 4.69) is 31.1 Å². The monoisotopic (exact) mass is 455 g/mol. The van der Waals surface area contributed by atoms with Crippen LogP contribution in [0.5, 0.6) is 11.8 Å². The van der Waals surface area contributed by atoms with E-state index in [4.69, 9.17) is 11.2 Å². The minimum Gasteiger partial charge on any atom is -0.508 e. The average molecular weight is 455 g/mol. The van der Waals surface area contributed by atoms with Gasteiger partial charge in [0, 0.05) is 47.9 Å². The third-order valence-electron chi connectivity index (χ3n) is 6.71. The first-order valence-corrected chi connectivity index (χ1v) is 11.2. The summed E-state index contributed by atoms with van der Waals surface area (Å²) in [4.78, 5) is 15.6. The summed E-state index contributed by atoms with van der Waals surface area (Å²) < 4.78 is 21.4. The number of nitrogens with zero attached hydrogens (tertiary/aromatic N) is 4. The highest BCUT2D eigenvalue weighted by molar-refractivity contribution is 6.02. The molecule has 0 radical (unpaired) electrons.